The number of hydrogen-bond acceptors (Lipinski definition) is 6. The topological polar surface area (TPSA) is 85.1 Å². The van der Waals surface area contributed by atoms with Gasteiger partial charge in [0.25, 0.3) is 0 Å². The molecule has 1 heterocycles. The summed E-state index contributed by atoms with van der Waals surface area (Å²) in [5, 5.41) is 3.97. The van der Waals surface area contributed by atoms with Crippen LogP contribution in [0.15, 0.2) is 4.90 Å². The molecule has 0 radical (unpaired) electrons. The van der Waals surface area contributed by atoms with Crippen molar-refractivity contribution in [3.8, 4) is 0 Å². The predicted molar refractivity (Wildman–Crippen MR) is 83.9 cm³/mol. The number of anilines is 2. The van der Waals surface area contributed by atoms with Crippen LogP contribution in [-0.4, -0.2) is 24.6 Å². The summed E-state index contributed by atoms with van der Waals surface area (Å²) in [5.74, 6) is 0.993. The van der Waals surface area contributed by atoms with Crippen LogP contribution in [0, 0.1) is 5.92 Å². The molecular formula is C13H23N3O2S2. The van der Waals surface area contributed by atoms with Gasteiger partial charge in [-0.05, 0) is 43.1 Å². The van der Waals surface area contributed by atoms with Crippen LogP contribution in [-0.2, 0) is 9.84 Å². The Hall–Kier alpha value is -0.820. The molecule has 2 rings (SSSR count). The molecule has 1 saturated carbocycles. The van der Waals surface area contributed by atoms with E-state index in [2.05, 4.69) is 16.6 Å². The monoisotopic (exact) mass is 317 g/mol. The second kappa shape index (κ2) is 6.30. The largest absolute Gasteiger partial charge is 0.382 e. The van der Waals surface area contributed by atoms with Crippen molar-refractivity contribution in [2.45, 2.75) is 56.9 Å². The van der Waals surface area contributed by atoms with Gasteiger partial charge in [0.2, 0.25) is 0 Å². The molecule has 1 fully saturated rings. The molecule has 0 bridgehead atoms. The molecule has 0 amide bonds. The highest BCUT2D eigenvalue weighted by Crippen LogP contribution is 2.35. The average Bonchev–Trinajstić information content (AvgIpc) is 2.81. The van der Waals surface area contributed by atoms with E-state index in [1.165, 1.54) is 19.3 Å². The van der Waals surface area contributed by atoms with E-state index >= 15 is 0 Å². The molecule has 5 nitrogen and oxygen atoms in total. The highest BCUT2D eigenvalue weighted by atomic mass is 32.2. The number of nitrogen functional groups attached to an aromatic ring is 1. The van der Waals surface area contributed by atoms with Gasteiger partial charge < -0.3 is 11.1 Å². The smallest absolute Gasteiger partial charge is 0.184 e. The third-order valence-electron chi connectivity index (χ3n) is 4.12. The first kappa shape index (κ1) is 15.6. The number of sulfone groups is 1. The SMILES string of the molecule is CCC1CCC(Nc2snc(N)c2S(=O)(=O)CC)CC1. The average molecular weight is 317 g/mol. The van der Waals surface area contributed by atoms with Gasteiger partial charge in [0.05, 0.1) is 5.75 Å². The highest BCUT2D eigenvalue weighted by Gasteiger charge is 2.27. The van der Waals surface area contributed by atoms with Crippen molar-refractivity contribution in [2.75, 3.05) is 16.8 Å². The van der Waals surface area contributed by atoms with Crippen LogP contribution in [0.4, 0.5) is 10.8 Å². The minimum absolute atomic E-state index is 0.0485. The van der Waals surface area contributed by atoms with Crippen LogP contribution >= 0.6 is 11.5 Å². The molecule has 0 saturated heterocycles. The lowest BCUT2D eigenvalue weighted by Gasteiger charge is -2.28. The summed E-state index contributed by atoms with van der Waals surface area (Å²) in [6.07, 6.45) is 5.82. The molecule has 0 spiro atoms. The van der Waals surface area contributed by atoms with Crippen LogP contribution in [0.1, 0.15) is 46.0 Å². The minimum Gasteiger partial charge on any atom is -0.382 e. The second-order valence-electron chi connectivity index (χ2n) is 5.40. The minimum atomic E-state index is -3.32. The van der Waals surface area contributed by atoms with Crippen molar-refractivity contribution in [2.24, 2.45) is 5.92 Å². The Morgan fingerprint density at radius 3 is 2.50 bits per heavy atom. The van der Waals surface area contributed by atoms with Crippen molar-refractivity contribution in [3.05, 3.63) is 0 Å². The number of nitrogens with one attached hydrogen (secondary N) is 1. The molecule has 20 heavy (non-hydrogen) atoms. The van der Waals surface area contributed by atoms with Crippen molar-refractivity contribution < 1.29 is 8.42 Å². The van der Waals surface area contributed by atoms with E-state index in [4.69, 9.17) is 5.73 Å². The zero-order valence-electron chi connectivity index (χ0n) is 12.1. The maximum Gasteiger partial charge on any atom is 0.184 e. The van der Waals surface area contributed by atoms with Crippen LogP contribution < -0.4 is 11.1 Å². The van der Waals surface area contributed by atoms with Crippen molar-refractivity contribution >= 4 is 32.2 Å². The van der Waals surface area contributed by atoms with Gasteiger partial charge in [0, 0.05) is 6.04 Å². The van der Waals surface area contributed by atoms with Gasteiger partial charge in [0.1, 0.15) is 9.90 Å². The summed E-state index contributed by atoms with van der Waals surface area (Å²) in [6, 6.07) is 0.337. The molecule has 0 aliphatic heterocycles. The Morgan fingerprint density at radius 2 is 1.95 bits per heavy atom. The van der Waals surface area contributed by atoms with E-state index in [0.29, 0.717) is 11.0 Å². The molecule has 3 N–H and O–H groups in total. The Kier molecular flexibility index (Phi) is 4.90. The quantitative estimate of drug-likeness (QED) is 0.872. The fourth-order valence-electron chi connectivity index (χ4n) is 2.73. The lowest BCUT2D eigenvalue weighted by molar-refractivity contribution is 0.330. The number of rotatable bonds is 5. The first-order valence-corrected chi connectivity index (χ1v) is 9.64. The Balaban J connectivity index is 2.12. The first-order chi connectivity index (χ1) is 9.47. The summed E-state index contributed by atoms with van der Waals surface area (Å²) in [4.78, 5) is 0.197. The van der Waals surface area contributed by atoms with Crippen molar-refractivity contribution in [3.63, 3.8) is 0 Å². The summed E-state index contributed by atoms with van der Waals surface area (Å²) in [5.41, 5.74) is 5.73. The third kappa shape index (κ3) is 3.25. The van der Waals surface area contributed by atoms with Gasteiger partial charge in [-0.1, -0.05) is 20.3 Å². The van der Waals surface area contributed by atoms with Crippen molar-refractivity contribution in [1.29, 1.82) is 0 Å². The van der Waals surface area contributed by atoms with Crippen LogP contribution in [0.3, 0.4) is 0 Å². The molecule has 7 heteroatoms. The maximum atomic E-state index is 12.1. The van der Waals surface area contributed by atoms with E-state index in [1.54, 1.807) is 6.92 Å². The molecule has 1 aliphatic rings. The first-order valence-electron chi connectivity index (χ1n) is 7.22. The van der Waals surface area contributed by atoms with Crippen LogP contribution in [0.2, 0.25) is 0 Å². The van der Waals surface area contributed by atoms with Gasteiger partial charge >= 0.3 is 0 Å². The zero-order chi connectivity index (χ0) is 14.8. The second-order valence-corrected chi connectivity index (χ2v) is 8.39. The van der Waals surface area contributed by atoms with E-state index in [-0.39, 0.29) is 16.5 Å². The summed E-state index contributed by atoms with van der Waals surface area (Å²) < 4.78 is 28.2. The van der Waals surface area contributed by atoms with E-state index in [1.807, 2.05) is 0 Å². The molecule has 0 unspecified atom stereocenters. The number of hydrogen-bond donors (Lipinski definition) is 2. The summed E-state index contributed by atoms with van der Waals surface area (Å²) in [6.45, 7) is 3.86. The van der Waals surface area contributed by atoms with Gasteiger partial charge in [-0.2, -0.15) is 4.37 Å². The number of nitrogens with two attached hydrogens (primary N) is 1. The molecule has 1 aromatic heterocycles. The number of aromatic nitrogens is 1. The standard InChI is InChI=1S/C13H23N3O2S2/c1-3-9-5-7-10(8-6-9)15-13-11(12(14)16-19-13)20(17,18)4-2/h9-10,15H,3-8H2,1-2H3,(H2,14,16). The molecule has 1 aliphatic carbocycles. The van der Waals surface area contributed by atoms with Gasteiger partial charge in [-0.15, -0.1) is 0 Å². The Labute approximate surface area is 125 Å². The van der Waals surface area contributed by atoms with Gasteiger partial charge in [0.15, 0.2) is 15.7 Å². The molecule has 0 aromatic carbocycles. The number of nitrogens with zero attached hydrogens (tertiary/aromatic N) is 1. The van der Waals surface area contributed by atoms with Gasteiger partial charge in [-0.3, -0.25) is 0 Å². The Bertz CT molecular complexity index is 546. The zero-order valence-corrected chi connectivity index (χ0v) is 13.7. The lowest BCUT2D eigenvalue weighted by Crippen LogP contribution is -2.26. The third-order valence-corrected chi connectivity index (χ3v) is 6.84. The molecule has 1 aromatic rings. The summed E-state index contributed by atoms with van der Waals surface area (Å²) >= 11 is 1.15. The summed E-state index contributed by atoms with van der Waals surface area (Å²) in [7, 11) is -3.32. The van der Waals surface area contributed by atoms with Crippen molar-refractivity contribution in [1.82, 2.24) is 4.37 Å². The van der Waals surface area contributed by atoms with Gasteiger partial charge in [-0.25, -0.2) is 8.42 Å². The predicted octanol–water partition coefficient (Wildman–Crippen LogP) is 2.90. The fourth-order valence-corrected chi connectivity index (χ4v) is 4.96. The maximum absolute atomic E-state index is 12.1. The molecule has 0 atom stereocenters. The van der Waals surface area contributed by atoms with E-state index in [9.17, 15) is 8.42 Å². The molecule has 114 valence electrons. The van der Waals surface area contributed by atoms with E-state index in [0.717, 1.165) is 30.3 Å². The lowest BCUT2D eigenvalue weighted by atomic mass is 9.84. The van der Waals surface area contributed by atoms with Crippen LogP contribution in [0.25, 0.3) is 0 Å². The highest BCUT2D eigenvalue weighted by molar-refractivity contribution is 7.91. The van der Waals surface area contributed by atoms with Crippen LogP contribution in [0.5, 0.6) is 0 Å². The Morgan fingerprint density at radius 1 is 1.30 bits per heavy atom. The fraction of sp³-hybridized carbons (Fsp3) is 0.769. The normalized spacial score (nSPS) is 23.7. The molecular weight excluding hydrogens is 294 g/mol. The van der Waals surface area contributed by atoms with E-state index < -0.39 is 9.84 Å².